The van der Waals surface area contributed by atoms with Crippen molar-refractivity contribution in [3.8, 4) is 0 Å². The maximum absolute atomic E-state index is 13.6. The third kappa shape index (κ3) is 4.58. The fraction of sp³-hybridized carbons (Fsp3) is 0.259. The Labute approximate surface area is 188 Å². The zero-order valence-corrected chi connectivity index (χ0v) is 18.2. The number of amides is 2. The van der Waals surface area contributed by atoms with Crippen molar-refractivity contribution in [3.63, 3.8) is 0 Å². The minimum Gasteiger partial charge on any atom is -0.381 e. The molecule has 1 saturated heterocycles. The molecule has 2 N–H and O–H groups in total. The molecule has 164 valence electrons. The van der Waals surface area contributed by atoms with E-state index in [-0.39, 0.29) is 17.9 Å². The Balaban J connectivity index is 1.57. The van der Waals surface area contributed by atoms with E-state index in [0.717, 1.165) is 11.1 Å². The molecule has 32 heavy (non-hydrogen) atoms. The number of para-hydroxylation sites is 1. The zero-order chi connectivity index (χ0) is 22.4. The van der Waals surface area contributed by atoms with E-state index in [1.807, 2.05) is 73.7 Å². The first-order chi connectivity index (χ1) is 15.6. The van der Waals surface area contributed by atoms with Gasteiger partial charge in [-0.25, -0.2) is 0 Å². The molecule has 4 rings (SSSR count). The number of nitrogens with one attached hydrogen (secondary N) is 2. The van der Waals surface area contributed by atoms with Crippen LogP contribution >= 0.6 is 0 Å². The summed E-state index contributed by atoms with van der Waals surface area (Å²) in [6.07, 6.45) is 1.20. The maximum atomic E-state index is 13.6. The summed E-state index contributed by atoms with van der Waals surface area (Å²) >= 11 is 0. The Morgan fingerprint density at radius 1 is 0.844 bits per heavy atom. The van der Waals surface area contributed by atoms with Gasteiger partial charge in [-0.15, -0.1) is 0 Å². The van der Waals surface area contributed by atoms with Crippen LogP contribution in [0.5, 0.6) is 0 Å². The summed E-state index contributed by atoms with van der Waals surface area (Å²) < 4.78 is 5.55. The number of hydrogen-bond acceptors (Lipinski definition) is 3. The molecule has 3 aromatic carbocycles. The van der Waals surface area contributed by atoms with Crippen molar-refractivity contribution in [1.29, 1.82) is 0 Å². The van der Waals surface area contributed by atoms with Crippen LogP contribution in [0.25, 0.3) is 0 Å². The fourth-order valence-electron chi connectivity index (χ4n) is 4.26. The average Bonchev–Trinajstić information content (AvgIpc) is 2.85. The average molecular weight is 429 g/mol. The molecule has 5 heteroatoms. The van der Waals surface area contributed by atoms with Crippen LogP contribution in [0.1, 0.15) is 47.3 Å². The molecule has 0 unspecified atom stereocenters. The number of benzene rings is 3. The Morgan fingerprint density at radius 2 is 1.44 bits per heavy atom. The molecule has 1 aliphatic heterocycles. The van der Waals surface area contributed by atoms with Gasteiger partial charge in [-0.05, 0) is 43.0 Å². The van der Waals surface area contributed by atoms with Gasteiger partial charge in [0.2, 0.25) is 5.91 Å². The lowest BCUT2D eigenvalue weighted by molar-refractivity contribution is -0.125. The van der Waals surface area contributed by atoms with Gasteiger partial charge in [0, 0.05) is 13.2 Å². The van der Waals surface area contributed by atoms with E-state index in [2.05, 4.69) is 10.6 Å². The van der Waals surface area contributed by atoms with Gasteiger partial charge in [0.1, 0.15) is 0 Å². The van der Waals surface area contributed by atoms with Gasteiger partial charge in [0.25, 0.3) is 5.91 Å². The smallest absolute Gasteiger partial charge is 0.253 e. The molecule has 0 saturated carbocycles. The molecule has 1 fully saturated rings. The molecule has 2 amide bonds. The summed E-state index contributed by atoms with van der Waals surface area (Å²) in [6.45, 7) is 3.00. The highest BCUT2D eigenvalue weighted by atomic mass is 16.5. The minimum atomic E-state index is -0.680. The van der Waals surface area contributed by atoms with Crippen LogP contribution in [0.2, 0.25) is 0 Å². The van der Waals surface area contributed by atoms with Crippen LogP contribution in [0.3, 0.4) is 0 Å². The maximum Gasteiger partial charge on any atom is 0.253 e. The van der Waals surface area contributed by atoms with Crippen LogP contribution in [-0.2, 0) is 14.9 Å². The molecule has 5 nitrogen and oxygen atoms in total. The van der Waals surface area contributed by atoms with Crippen molar-refractivity contribution >= 4 is 17.5 Å². The lowest BCUT2D eigenvalue weighted by Crippen LogP contribution is -2.45. The van der Waals surface area contributed by atoms with Gasteiger partial charge in [-0.3, -0.25) is 9.59 Å². The van der Waals surface area contributed by atoms with Gasteiger partial charge in [0.05, 0.1) is 22.7 Å². The van der Waals surface area contributed by atoms with E-state index in [4.69, 9.17) is 4.74 Å². The van der Waals surface area contributed by atoms with Crippen molar-refractivity contribution in [2.45, 2.75) is 31.2 Å². The standard InChI is InChI=1S/C27H28N2O3/c1-20(21-10-4-2-5-11-21)28-25(30)23-14-8-9-15-24(23)29-26(31)27(16-18-32-19-17-27)22-12-6-3-7-13-22/h2-15,20H,16-19H2,1H3,(H,28,30)(H,29,31)/t20-/m1/s1. The van der Waals surface area contributed by atoms with Crippen LogP contribution in [0, 0.1) is 0 Å². The van der Waals surface area contributed by atoms with Crippen molar-refractivity contribution < 1.29 is 14.3 Å². The Morgan fingerprint density at radius 3 is 2.12 bits per heavy atom. The summed E-state index contributed by atoms with van der Waals surface area (Å²) in [5, 5.41) is 6.09. The minimum absolute atomic E-state index is 0.108. The van der Waals surface area contributed by atoms with E-state index in [9.17, 15) is 9.59 Å². The summed E-state index contributed by atoms with van der Waals surface area (Å²) in [5.74, 6) is -0.332. The summed E-state index contributed by atoms with van der Waals surface area (Å²) in [6, 6.07) is 26.6. The molecule has 0 radical (unpaired) electrons. The van der Waals surface area contributed by atoms with Gasteiger partial charge >= 0.3 is 0 Å². The van der Waals surface area contributed by atoms with Gasteiger partial charge < -0.3 is 15.4 Å². The van der Waals surface area contributed by atoms with Crippen molar-refractivity contribution in [2.24, 2.45) is 0 Å². The quantitative estimate of drug-likeness (QED) is 0.589. The molecular formula is C27H28N2O3. The summed E-state index contributed by atoms with van der Waals surface area (Å²) in [5.41, 5.74) is 2.27. The van der Waals surface area contributed by atoms with Gasteiger partial charge in [-0.1, -0.05) is 72.8 Å². The molecule has 0 aliphatic carbocycles. The van der Waals surface area contributed by atoms with Crippen molar-refractivity contribution in [2.75, 3.05) is 18.5 Å². The number of carbonyl (C=O) groups is 2. The van der Waals surface area contributed by atoms with Gasteiger partial charge in [-0.2, -0.15) is 0 Å². The number of hydrogen-bond donors (Lipinski definition) is 2. The van der Waals surface area contributed by atoms with Crippen LogP contribution in [-0.4, -0.2) is 25.0 Å². The van der Waals surface area contributed by atoms with E-state index in [0.29, 0.717) is 37.3 Å². The number of rotatable bonds is 6. The van der Waals surface area contributed by atoms with Crippen molar-refractivity contribution in [3.05, 3.63) is 102 Å². The lowest BCUT2D eigenvalue weighted by atomic mass is 9.73. The van der Waals surface area contributed by atoms with E-state index in [1.165, 1.54) is 0 Å². The number of carbonyl (C=O) groups excluding carboxylic acids is 2. The first-order valence-electron chi connectivity index (χ1n) is 11.0. The molecule has 1 atom stereocenters. The second-order valence-corrected chi connectivity index (χ2v) is 8.17. The fourth-order valence-corrected chi connectivity index (χ4v) is 4.26. The monoisotopic (exact) mass is 428 g/mol. The second kappa shape index (κ2) is 9.79. The molecule has 0 aromatic heterocycles. The van der Waals surface area contributed by atoms with Gasteiger partial charge in [0.15, 0.2) is 0 Å². The molecule has 0 spiro atoms. The SMILES string of the molecule is C[C@@H](NC(=O)c1ccccc1NC(=O)C1(c2ccccc2)CCOCC1)c1ccccc1. The molecule has 0 bridgehead atoms. The largest absolute Gasteiger partial charge is 0.381 e. The van der Waals surface area contributed by atoms with E-state index in [1.54, 1.807) is 18.2 Å². The zero-order valence-electron chi connectivity index (χ0n) is 18.2. The molecule has 3 aromatic rings. The molecule has 1 heterocycles. The first-order valence-corrected chi connectivity index (χ1v) is 11.0. The first kappa shape index (κ1) is 21.8. The molecular weight excluding hydrogens is 400 g/mol. The topological polar surface area (TPSA) is 67.4 Å². The third-order valence-corrected chi connectivity index (χ3v) is 6.17. The van der Waals surface area contributed by atoms with Crippen LogP contribution in [0.15, 0.2) is 84.9 Å². The number of ether oxygens (including phenoxy) is 1. The van der Waals surface area contributed by atoms with Crippen molar-refractivity contribution in [1.82, 2.24) is 5.32 Å². The predicted molar refractivity (Wildman–Crippen MR) is 126 cm³/mol. The Kier molecular flexibility index (Phi) is 6.66. The Bertz CT molecular complexity index is 1060. The predicted octanol–water partition coefficient (Wildman–Crippen LogP) is 4.86. The summed E-state index contributed by atoms with van der Waals surface area (Å²) in [4.78, 5) is 26.7. The highest BCUT2D eigenvalue weighted by Crippen LogP contribution is 2.36. The lowest BCUT2D eigenvalue weighted by Gasteiger charge is -2.36. The highest BCUT2D eigenvalue weighted by Gasteiger charge is 2.42. The normalized spacial score (nSPS) is 16.0. The van der Waals surface area contributed by atoms with Crippen LogP contribution in [0.4, 0.5) is 5.69 Å². The third-order valence-electron chi connectivity index (χ3n) is 6.17. The Hall–Kier alpha value is -3.44. The van der Waals surface area contributed by atoms with Crippen LogP contribution < -0.4 is 10.6 Å². The molecule has 1 aliphatic rings. The second-order valence-electron chi connectivity index (χ2n) is 8.17. The number of anilines is 1. The highest BCUT2D eigenvalue weighted by molar-refractivity contribution is 6.06. The van der Waals surface area contributed by atoms with E-state index < -0.39 is 5.41 Å². The van der Waals surface area contributed by atoms with E-state index >= 15 is 0 Å². The summed E-state index contributed by atoms with van der Waals surface area (Å²) in [7, 11) is 0.